The Morgan fingerprint density at radius 3 is 2.62 bits per heavy atom. The predicted octanol–water partition coefficient (Wildman–Crippen LogP) is 5.13. The van der Waals surface area contributed by atoms with Crippen LogP contribution in [0.5, 0.6) is 5.75 Å². The molecule has 0 fully saturated rings. The van der Waals surface area contributed by atoms with E-state index in [0.717, 1.165) is 17.7 Å². The molecule has 0 aliphatic heterocycles. The minimum Gasteiger partial charge on any atom is -0.497 e. The Morgan fingerprint density at radius 2 is 1.90 bits per heavy atom. The number of nitrogens with one attached hydrogen (secondary N) is 1. The molecule has 0 aliphatic rings. The number of H-pyrrole nitrogens is 1. The molecule has 2 heteroatoms. The van der Waals surface area contributed by atoms with E-state index in [1.807, 2.05) is 12.1 Å². The van der Waals surface area contributed by atoms with Crippen molar-refractivity contribution in [3.05, 3.63) is 65.9 Å². The van der Waals surface area contributed by atoms with Crippen molar-refractivity contribution in [3.63, 3.8) is 0 Å². The molecule has 21 heavy (non-hydrogen) atoms. The average molecular weight is 277 g/mol. The van der Waals surface area contributed by atoms with Crippen LogP contribution >= 0.6 is 0 Å². The maximum atomic E-state index is 5.29. The molecule has 3 aromatic rings. The molecular formula is C19H19NO. The summed E-state index contributed by atoms with van der Waals surface area (Å²) in [7, 11) is 1.70. The smallest absolute Gasteiger partial charge is 0.119 e. The summed E-state index contributed by atoms with van der Waals surface area (Å²) in [5.74, 6) is 0.887. The fourth-order valence-corrected chi connectivity index (χ4v) is 2.53. The second-order valence-corrected chi connectivity index (χ2v) is 5.07. The van der Waals surface area contributed by atoms with Crippen molar-refractivity contribution in [2.75, 3.05) is 7.11 Å². The SMILES string of the molecule is CCC(=Cc1ccccc1)c1cc2cc(OC)ccc2[nH]1. The molecule has 1 N–H and O–H groups in total. The molecule has 0 bridgehead atoms. The summed E-state index contributed by atoms with van der Waals surface area (Å²) in [5, 5.41) is 1.18. The van der Waals surface area contributed by atoms with E-state index in [-0.39, 0.29) is 0 Å². The summed E-state index contributed by atoms with van der Waals surface area (Å²) in [6, 6.07) is 18.7. The Bertz CT molecular complexity index is 769. The number of methoxy groups -OCH3 is 1. The van der Waals surface area contributed by atoms with Gasteiger partial charge >= 0.3 is 0 Å². The summed E-state index contributed by atoms with van der Waals surface area (Å²) >= 11 is 0. The van der Waals surface area contributed by atoms with Crippen LogP contribution in [-0.2, 0) is 0 Å². The van der Waals surface area contributed by atoms with Crippen LogP contribution in [0.15, 0.2) is 54.6 Å². The standard InChI is InChI=1S/C19H19NO/c1-3-15(11-14-7-5-4-6-8-14)19-13-16-12-17(21-2)9-10-18(16)20-19/h4-13,20H,3H2,1-2H3. The van der Waals surface area contributed by atoms with E-state index in [2.05, 4.69) is 60.4 Å². The van der Waals surface area contributed by atoms with Gasteiger partial charge in [-0.05, 0) is 47.9 Å². The second kappa shape index (κ2) is 5.88. The van der Waals surface area contributed by atoms with E-state index in [4.69, 9.17) is 4.74 Å². The van der Waals surface area contributed by atoms with Crippen LogP contribution in [0, 0.1) is 0 Å². The Kier molecular flexibility index (Phi) is 3.78. The molecule has 0 saturated carbocycles. The van der Waals surface area contributed by atoms with Crippen LogP contribution in [0.4, 0.5) is 0 Å². The maximum absolute atomic E-state index is 5.29. The maximum Gasteiger partial charge on any atom is 0.119 e. The van der Waals surface area contributed by atoms with Crippen molar-refractivity contribution < 1.29 is 4.74 Å². The second-order valence-electron chi connectivity index (χ2n) is 5.07. The third-order valence-corrected chi connectivity index (χ3v) is 3.70. The van der Waals surface area contributed by atoms with E-state index in [9.17, 15) is 0 Å². The first-order chi connectivity index (χ1) is 10.3. The van der Waals surface area contributed by atoms with Crippen molar-refractivity contribution >= 4 is 22.6 Å². The summed E-state index contributed by atoms with van der Waals surface area (Å²) < 4.78 is 5.29. The quantitative estimate of drug-likeness (QED) is 0.703. The number of allylic oxidation sites excluding steroid dienone is 1. The number of rotatable bonds is 4. The van der Waals surface area contributed by atoms with E-state index in [0.29, 0.717) is 0 Å². The number of benzene rings is 2. The largest absolute Gasteiger partial charge is 0.497 e. The zero-order chi connectivity index (χ0) is 14.7. The van der Waals surface area contributed by atoms with Crippen LogP contribution in [0.2, 0.25) is 0 Å². The molecule has 1 heterocycles. The normalized spacial score (nSPS) is 11.8. The van der Waals surface area contributed by atoms with Crippen molar-refractivity contribution in [1.29, 1.82) is 0 Å². The van der Waals surface area contributed by atoms with Crippen LogP contribution in [0.1, 0.15) is 24.6 Å². The number of hydrogen-bond acceptors (Lipinski definition) is 1. The lowest BCUT2D eigenvalue weighted by Crippen LogP contribution is -1.83. The van der Waals surface area contributed by atoms with E-state index in [1.165, 1.54) is 22.2 Å². The van der Waals surface area contributed by atoms with E-state index < -0.39 is 0 Å². The zero-order valence-electron chi connectivity index (χ0n) is 12.4. The molecule has 0 saturated heterocycles. The van der Waals surface area contributed by atoms with Gasteiger partial charge in [0.25, 0.3) is 0 Å². The Balaban J connectivity index is 2.03. The van der Waals surface area contributed by atoms with Gasteiger partial charge < -0.3 is 9.72 Å². The van der Waals surface area contributed by atoms with Gasteiger partial charge in [0.1, 0.15) is 5.75 Å². The monoisotopic (exact) mass is 277 g/mol. The highest BCUT2D eigenvalue weighted by Crippen LogP contribution is 2.27. The van der Waals surface area contributed by atoms with Gasteiger partial charge in [-0.1, -0.05) is 37.3 Å². The summed E-state index contributed by atoms with van der Waals surface area (Å²) in [5.41, 5.74) is 4.84. The molecule has 106 valence electrons. The lowest BCUT2D eigenvalue weighted by Gasteiger charge is -2.02. The van der Waals surface area contributed by atoms with Crippen molar-refractivity contribution in [3.8, 4) is 5.75 Å². The van der Waals surface area contributed by atoms with Gasteiger partial charge in [0, 0.05) is 16.6 Å². The van der Waals surface area contributed by atoms with Gasteiger partial charge in [-0.3, -0.25) is 0 Å². The molecule has 0 amide bonds. The third-order valence-electron chi connectivity index (χ3n) is 3.70. The molecule has 2 nitrogen and oxygen atoms in total. The lowest BCUT2D eigenvalue weighted by atomic mass is 10.1. The van der Waals surface area contributed by atoms with Crippen LogP contribution in [-0.4, -0.2) is 12.1 Å². The number of hydrogen-bond donors (Lipinski definition) is 1. The first kappa shape index (κ1) is 13.5. The molecular weight excluding hydrogens is 258 g/mol. The van der Waals surface area contributed by atoms with Gasteiger partial charge in [0.05, 0.1) is 7.11 Å². The van der Waals surface area contributed by atoms with E-state index >= 15 is 0 Å². The summed E-state index contributed by atoms with van der Waals surface area (Å²) in [6.07, 6.45) is 3.22. The molecule has 1 aromatic heterocycles. The zero-order valence-corrected chi connectivity index (χ0v) is 12.4. The molecule has 0 radical (unpaired) electrons. The van der Waals surface area contributed by atoms with Gasteiger partial charge in [-0.2, -0.15) is 0 Å². The first-order valence-corrected chi connectivity index (χ1v) is 7.23. The molecule has 0 aliphatic carbocycles. The number of ether oxygens (including phenoxy) is 1. The van der Waals surface area contributed by atoms with Gasteiger partial charge in [0.2, 0.25) is 0 Å². The lowest BCUT2D eigenvalue weighted by molar-refractivity contribution is 0.415. The van der Waals surface area contributed by atoms with Crippen molar-refractivity contribution in [1.82, 2.24) is 4.98 Å². The van der Waals surface area contributed by atoms with E-state index in [1.54, 1.807) is 7.11 Å². The van der Waals surface area contributed by atoms with Gasteiger partial charge in [0.15, 0.2) is 0 Å². The molecule has 2 aromatic carbocycles. The van der Waals surface area contributed by atoms with Gasteiger partial charge in [-0.15, -0.1) is 0 Å². The molecule has 3 rings (SSSR count). The minimum absolute atomic E-state index is 0.887. The fourth-order valence-electron chi connectivity index (χ4n) is 2.53. The third kappa shape index (κ3) is 2.84. The molecule has 0 unspecified atom stereocenters. The summed E-state index contributed by atoms with van der Waals surface area (Å²) in [6.45, 7) is 2.18. The first-order valence-electron chi connectivity index (χ1n) is 7.23. The summed E-state index contributed by atoms with van der Waals surface area (Å²) in [4.78, 5) is 3.49. The highest BCUT2D eigenvalue weighted by atomic mass is 16.5. The number of aromatic nitrogens is 1. The Labute approximate surface area is 125 Å². The predicted molar refractivity (Wildman–Crippen MR) is 89.5 cm³/mol. The topological polar surface area (TPSA) is 25.0 Å². The van der Waals surface area contributed by atoms with Crippen LogP contribution in [0.3, 0.4) is 0 Å². The molecule has 0 spiro atoms. The number of fused-ring (bicyclic) bond motifs is 1. The molecule has 0 atom stereocenters. The minimum atomic E-state index is 0.887. The average Bonchev–Trinajstić information content (AvgIpc) is 2.96. The fraction of sp³-hybridized carbons (Fsp3) is 0.158. The van der Waals surface area contributed by atoms with Crippen molar-refractivity contribution in [2.24, 2.45) is 0 Å². The Morgan fingerprint density at radius 1 is 1.10 bits per heavy atom. The van der Waals surface area contributed by atoms with Crippen molar-refractivity contribution in [2.45, 2.75) is 13.3 Å². The van der Waals surface area contributed by atoms with Gasteiger partial charge in [-0.25, -0.2) is 0 Å². The van der Waals surface area contributed by atoms with Crippen LogP contribution < -0.4 is 4.74 Å². The Hall–Kier alpha value is -2.48. The highest BCUT2D eigenvalue weighted by Gasteiger charge is 2.06. The highest BCUT2D eigenvalue weighted by molar-refractivity contribution is 5.89. The number of aromatic amines is 1. The van der Waals surface area contributed by atoms with Crippen LogP contribution in [0.25, 0.3) is 22.6 Å².